The van der Waals surface area contributed by atoms with E-state index in [9.17, 15) is 4.39 Å². The molecule has 0 radical (unpaired) electrons. The van der Waals surface area contributed by atoms with Crippen molar-refractivity contribution < 1.29 is 9.13 Å². The van der Waals surface area contributed by atoms with Crippen molar-refractivity contribution in [2.24, 2.45) is 5.73 Å². The SMILES string of the molecule is CCC(CC)Oc1cccc(F)c1C(N)=S. The molecule has 0 fully saturated rings. The molecule has 0 saturated carbocycles. The van der Waals surface area contributed by atoms with Crippen LogP contribution in [-0.4, -0.2) is 11.1 Å². The Hall–Kier alpha value is -1.16. The van der Waals surface area contributed by atoms with E-state index < -0.39 is 5.82 Å². The highest BCUT2D eigenvalue weighted by Crippen LogP contribution is 2.23. The zero-order valence-electron chi connectivity index (χ0n) is 9.50. The van der Waals surface area contributed by atoms with E-state index in [0.29, 0.717) is 5.75 Å². The highest BCUT2D eigenvalue weighted by atomic mass is 32.1. The van der Waals surface area contributed by atoms with Crippen LogP contribution in [0.1, 0.15) is 32.3 Å². The molecule has 1 aromatic carbocycles. The number of halogens is 1. The smallest absolute Gasteiger partial charge is 0.137 e. The molecule has 0 amide bonds. The molecule has 16 heavy (non-hydrogen) atoms. The van der Waals surface area contributed by atoms with Crippen LogP contribution in [0.5, 0.6) is 5.75 Å². The largest absolute Gasteiger partial charge is 0.490 e. The van der Waals surface area contributed by atoms with E-state index in [-0.39, 0.29) is 16.7 Å². The standard InChI is InChI=1S/C12H16FNOS/c1-3-8(4-2)15-10-7-5-6-9(13)11(10)12(14)16/h5-8H,3-4H2,1-2H3,(H2,14,16). The Morgan fingerprint density at radius 2 is 2.06 bits per heavy atom. The van der Waals surface area contributed by atoms with Crippen LogP contribution < -0.4 is 10.5 Å². The molecule has 1 aromatic rings. The third kappa shape index (κ3) is 2.92. The van der Waals surface area contributed by atoms with Gasteiger partial charge in [0.15, 0.2) is 0 Å². The molecule has 0 saturated heterocycles. The molecule has 1 rings (SSSR count). The first-order valence-electron chi connectivity index (χ1n) is 5.35. The maximum absolute atomic E-state index is 13.5. The molecule has 0 aliphatic heterocycles. The van der Waals surface area contributed by atoms with Crippen molar-refractivity contribution in [1.29, 1.82) is 0 Å². The van der Waals surface area contributed by atoms with E-state index in [1.165, 1.54) is 6.07 Å². The number of thiocarbonyl (C=S) groups is 1. The van der Waals surface area contributed by atoms with Gasteiger partial charge in [-0.05, 0) is 25.0 Å². The van der Waals surface area contributed by atoms with E-state index in [0.717, 1.165) is 12.8 Å². The summed E-state index contributed by atoms with van der Waals surface area (Å²) in [5, 5.41) is 0. The molecule has 0 unspecified atom stereocenters. The van der Waals surface area contributed by atoms with Gasteiger partial charge in [0.1, 0.15) is 16.6 Å². The van der Waals surface area contributed by atoms with Crippen molar-refractivity contribution in [3.05, 3.63) is 29.6 Å². The lowest BCUT2D eigenvalue weighted by atomic mass is 10.1. The van der Waals surface area contributed by atoms with Crippen LogP contribution in [0.2, 0.25) is 0 Å². The van der Waals surface area contributed by atoms with Crippen molar-refractivity contribution in [2.75, 3.05) is 0 Å². The van der Waals surface area contributed by atoms with Gasteiger partial charge in [-0.2, -0.15) is 0 Å². The number of hydrogen-bond acceptors (Lipinski definition) is 2. The first-order valence-corrected chi connectivity index (χ1v) is 5.75. The zero-order chi connectivity index (χ0) is 12.1. The molecule has 0 aliphatic carbocycles. The second-order valence-electron chi connectivity index (χ2n) is 3.53. The van der Waals surface area contributed by atoms with Gasteiger partial charge in [0.05, 0.1) is 11.7 Å². The highest BCUT2D eigenvalue weighted by Gasteiger charge is 2.14. The summed E-state index contributed by atoms with van der Waals surface area (Å²) >= 11 is 4.82. The monoisotopic (exact) mass is 241 g/mol. The number of ether oxygens (including phenoxy) is 1. The van der Waals surface area contributed by atoms with Crippen LogP contribution in [0.15, 0.2) is 18.2 Å². The lowest BCUT2D eigenvalue weighted by Gasteiger charge is -2.18. The summed E-state index contributed by atoms with van der Waals surface area (Å²) in [5.74, 6) is -0.00263. The number of hydrogen-bond donors (Lipinski definition) is 1. The second-order valence-corrected chi connectivity index (χ2v) is 3.97. The fourth-order valence-electron chi connectivity index (χ4n) is 1.48. The van der Waals surface area contributed by atoms with E-state index in [1.807, 2.05) is 13.8 Å². The van der Waals surface area contributed by atoms with Gasteiger partial charge in [-0.25, -0.2) is 4.39 Å². The predicted molar refractivity (Wildman–Crippen MR) is 67.3 cm³/mol. The summed E-state index contributed by atoms with van der Waals surface area (Å²) in [6, 6.07) is 4.61. The average Bonchev–Trinajstić information content (AvgIpc) is 2.25. The van der Waals surface area contributed by atoms with Crippen molar-refractivity contribution in [3.8, 4) is 5.75 Å². The Labute approximate surface area is 101 Å². The van der Waals surface area contributed by atoms with Crippen LogP contribution >= 0.6 is 12.2 Å². The van der Waals surface area contributed by atoms with Crippen LogP contribution in [0.4, 0.5) is 4.39 Å². The van der Waals surface area contributed by atoms with Crippen LogP contribution in [0.25, 0.3) is 0 Å². The summed E-state index contributed by atoms with van der Waals surface area (Å²) in [7, 11) is 0. The predicted octanol–water partition coefficient (Wildman–Crippen LogP) is 3.03. The van der Waals surface area contributed by atoms with Crippen molar-refractivity contribution in [2.45, 2.75) is 32.8 Å². The number of benzene rings is 1. The minimum atomic E-state index is -0.434. The first kappa shape index (κ1) is 12.9. The summed E-state index contributed by atoms with van der Waals surface area (Å²) in [6.07, 6.45) is 1.79. The number of nitrogens with two attached hydrogens (primary N) is 1. The molecule has 0 atom stereocenters. The molecule has 2 N–H and O–H groups in total. The molecule has 0 aromatic heterocycles. The summed E-state index contributed by atoms with van der Waals surface area (Å²) < 4.78 is 19.2. The second kappa shape index (κ2) is 5.80. The van der Waals surface area contributed by atoms with Gasteiger partial charge in [0, 0.05) is 0 Å². The maximum Gasteiger partial charge on any atom is 0.137 e. The normalized spacial score (nSPS) is 10.5. The molecule has 0 heterocycles. The lowest BCUT2D eigenvalue weighted by molar-refractivity contribution is 0.192. The molecule has 0 bridgehead atoms. The van der Waals surface area contributed by atoms with Crippen LogP contribution in [-0.2, 0) is 0 Å². The molecular formula is C12H16FNOS. The molecule has 88 valence electrons. The van der Waals surface area contributed by atoms with Crippen molar-refractivity contribution >= 4 is 17.2 Å². The Morgan fingerprint density at radius 3 is 2.56 bits per heavy atom. The van der Waals surface area contributed by atoms with Gasteiger partial charge < -0.3 is 10.5 Å². The van der Waals surface area contributed by atoms with Crippen molar-refractivity contribution in [3.63, 3.8) is 0 Å². The Balaban J connectivity index is 3.03. The minimum Gasteiger partial charge on any atom is -0.490 e. The van der Waals surface area contributed by atoms with Gasteiger partial charge in [-0.3, -0.25) is 0 Å². The number of rotatable bonds is 5. The Bertz CT molecular complexity index is 377. The van der Waals surface area contributed by atoms with Crippen LogP contribution in [0, 0.1) is 5.82 Å². The fourth-order valence-corrected chi connectivity index (χ4v) is 1.67. The topological polar surface area (TPSA) is 35.2 Å². The molecule has 0 aliphatic rings. The molecule has 2 nitrogen and oxygen atoms in total. The van der Waals surface area contributed by atoms with E-state index in [2.05, 4.69) is 0 Å². The average molecular weight is 241 g/mol. The minimum absolute atomic E-state index is 0.0269. The summed E-state index contributed by atoms with van der Waals surface area (Å²) in [4.78, 5) is 0.0269. The van der Waals surface area contributed by atoms with E-state index in [4.69, 9.17) is 22.7 Å². The molecule has 0 spiro atoms. The van der Waals surface area contributed by atoms with Gasteiger partial charge in [0.2, 0.25) is 0 Å². The summed E-state index contributed by atoms with van der Waals surface area (Å²) in [5.41, 5.74) is 5.68. The van der Waals surface area contributed by atoms with Crippen LogP contribution in [0.3, 0.4) is 0 Å². The van der Waals surface area contributed by atoms with Gasteiger partial charge >= 0.3 is 0 Å². The van der Waals surface area contributed by atoms with Gasteiger partial charge in [-0.1, -0.05) is 32.1 Å². The van der Waals surface area contributed by atoms with E-state index >= 15 is 0 Å². The van der Waals surface area contributed by atoms with Gasteiger partial charge in [0.25, 0.3) is 0 Å². The third-order valence-electron chi connectivity index (χ3n) is 2.43. The molecular weight excluding hydrogens is 225 g/mol. The third-order valence-corrected chi connectivity index (χ3v) is 2.63. The Kier molecular flexibility index (Phi) is 4.68. The Morgan fingerprint density at radius 1 is 1.44 bits per heavy atom. The zero-order valence-corrected chi connectivity index (χ0v) is 10.3. The van der Waals surface area contributed by atoms with E-state index in [1.54, 1.807) is 12.1 Å². The maximum atomic E-state index is 13.5. The highest BCUT2D eigenvalue weighted by molar-refractivity contribution is 7.80. The lowest BCUT2D eigenvalue weighted by Crippen LogP contribution is -2.19. The first-order chi connectivity index (χ1) is 7.60. The van der Waals surface area contributed by atoms with Gasteiger partial charge in [-0.15, -0.1) is 0 Å². The summed E-state index contributed by atoms with van der Waals surface area (Å²) in [6.45, 7) is 4.04. The quantitative estimate of drug-likeness (QED) is 0.805. The molecule has 4 heteroatoms. The van der Waals surface area contributed by atoms with Crippen molar-refractivity contribution in [1.82, 2.24) is 0 Å². The fraction of sp³-hybridized carbons (Fsp3) is 0.417.